The molecule has 0 unspecified atom stereocenters. The number of rotatable bonds is 20. The van der Waals surface area contributed by atoms with Gasteiger partial charge in [-0.1, -0.05) is 72.7 Å². The van der Waals surface area contributed by atoms with Crippen LogP contribution in [0.5, 0.6) is 0 Å². The van der Waals surface area contributed by atoms with Crippen LogP contribution in [0.15, 0.2) is 54.3 Å². The van der Waals surface area contributed by atoms with Gasteiger partial charge in [0.1, 0.15) is 17.9 Å². The fourth-order valence-corrected chi connectivity index (χ4v) is 7.34. The van der Waals surface area contributed by atoms with E-state index in [2.05, 4.69) is 16.0 Å². The molecule has 0 saturated carbocycles. The highest BCUT2D eigenvalue weighted by atomic mass is 16.4. The lowest BCUT2D eigenvalue weighted by Gasteiger charge is -2.39. The maximum absolute atomic E-state index is 14.4. The fourth-order valence-electron chi connectivity index (χ4n) is 7.34. The number of fused-ring (bicyclic) bond motifs is 1. The summed E-state index contributed by atoms with van der Waals surface area (Å²) in [4.78, 5) is 92.5. The van der Waals surface area contributed by atoms with Gasteiger partial charge in [0, 0.05) is 73.7 Å². The van der Waals surface area contributed by atoms with Gasteiger partial charge in [0.2, 0.25) is 17.7 Å². The first-order valence-corrected chi connectivity index (χ1v) is 19.6. The molecular weight excluding hydrogens is 729 g/mol. The highest BCUT2D eigenvalue weighted by molar-refractivity contribution is 6.12. The molecule has 0 radical (unpaired) electrons. The molecule has 1 aromatic carbocycles. The lowest BCUT2D eigenvalue weighted by atomic mass is 9.76. The third-order valence-electron chi connectivity index (χ3n) is 10.8. The fraction of sp³-hybridized carbons (Fsp3) is 0.558. The van der Waals surface area contributed by atoms with Gasteiger partial charge in [-0.15, -0.1) is 0 Å². The average molecular weight is 791 g/mol. The van der Waals surface area contributed by atoms with Crippen molar-refractivity contribution in [3.63, 3.8) is 0 Å². The Hall–Kier alpha value is -5.11. The van der Waals surface area contributed by atoms with Crippen molar-refractivity contribution in [3.8, 4) is 0 Å². The van der Waals surface area contributed by atoms with Gasteiger partial charge in [0.15, 0.2) is 0 Å². The number of carbonyl (C=O) groups is 7. The molecule has 4 atom stereocenters. The lowest BCUT2D eigenvalue weighted by Crippen LogP contribution is -2.61. The lowest BCUT2D eigenvalue weighted by molar-refractivity contribution is -0.141. The van der Waals surface area contributed by atoms with Gasteiger partial charge in [-0.25, -0.2) is 4.79 Å². The zero-order valence-electron chi connectivity index (χ0n) is 35.4. The van der Waals surface area contributed by atoms with Crippen LogP contribution in [0.25, 0.3) is 10.9 Å². The Bertz CT molecular complexity index is 1880. The number of carbonyl (C=O) groups excluding carboxylic acids is 6. The third-order valence-corrected chi connectivity index (χ3v) is 10.8. The molecule has 1 aliphatic heterocycles. The van der Waals surface area contributed by atoms with Gasteiger partial charge in [0.25, 0.3) is 11.8 Å². The number of carboxylic acid groups (broad SMARTS) is 1. The van der Waals surface area contributed by atoms with Gasteiger partial charge in [-0.05, 0) is 56.2 Å². The van der Waals surface area contributed by atoms with E-state index >= 15 is 0 Å². The number of unbranched alkanes of at least 4 members (excludes halogenated alkanes) is 1. The molecule has 1 aromatic heterocycles. The molecule has 0 spiro atoms. The van der Waals surface area contributed by atoms with E-state index in [1.54, 1.807) is 20.2 Å². The first kappa shape index (κ1) is 46.3. The summed E-state index contributed by atoms with van der Waals surface area (Å²) in [5.74, 6) is -3.77. The van der Waals surface area contributed by atoms with Crippen LogP contribution in [0.2, 0.25) is 0 Å². The first-order chi connectivity index (χ1) is 26.5. The summed E-state index contributed by atoms with van der Waals surface area (Å²) >= 11 is 0. The number of Topliss-reactive ketones (excluding diaryl/α,β-unsaturated/α-hetero) is 1. The van der Waals surface area contributed by atoms with Crippen molar-refractivity contribution in [2.24, 2.45) is 18.4 Å². The summed E-state index contributed by atoms with van der Waals surface area (Å²) in [6.45, 7) is 15.2. The molecule has 4 N–H and O–H groups in total. The van der Waals surface area contributed by atoms with Crippen LogP contribution in [0.4, 0.5) is 0 Å². The van der Waals surface area contributed by atoms with E-state index in [4.69, 9.17) is 0 Å². The second kappa shape index (κ2) is 19.4. The number of aromatic nitrogens is 1. The maximum Gasteiger partial charge on any atom is 0.326 e. The summed E-state index contributed by atoms with van der Waals surface area (Å²) < 4.78 is 2.04. The van der Waals surface area contributed by atoms with E-state index in [0.29, 0.717) is 12.8 Å². The topological polar surface area (TPSA) is 187 Å². The van der Waals surface area contributed by atoms with E-state index in [9.17, 15) is 38.7 Å². The minimum absolute atomic E-state index is 0.0809. The Balaban J connectivity index is 1.69. The normalized spacial score (nSPS) is 15.8. The van der Waals surface area contributed by atoms with Crippen LogP contribution >= 0.6 is 0 Å². The first-order valence-electron chi connectivity index (χ1n) is 19.6. The molecule has 0 fully saturated rings. The molecule has 5 amide bonds. The predicted molar refractivity (Wildman–Crippen MR) is 219 cm³/mol. The monoisotopic (exact) mass is 790 g/mol. The highest BCUT2D eigenvalue weighted by Crippen LogP contribution is 2.35. The quantitative estimate of drug-likeness (QED) is 0.0874. The van der Waals surface area contributed by atoms with Crippen molar-refractivity contribution in [3.05, 3.63) is 59.8 Å². The zero-order chi connectivity index (χ0) is 43.0. The minimum Gasteiger partial charge on any atom is -0.480 e. The van der Waals surface area contributed by atoms with Crippen molar-refractivity contribution in [1.82, 2.24) is 30.3 Å². The third kappa shape index (κ3) is 11.5. The van der Waals surface area contributed by atoms with Gasteiger partial charge in [-0.3, -0.25) is 33.7 Å². The summed E-state index contributed by atoms with van der Waals surface area (Å²) in [5, 5.41) is 19.7. The van der Waals surface area contributed by atoms with Crippen molar-refractivity contribution in [2.75, 3.05) is 20.6 Å². The number of amides is 5. The smallest absolute Gasteiger partial charge is 0.326 e. The zero-order valence-corrected chi connectivity index (χ0v) is 35.4. The van der Waals surface area contributed by atoms with Gasteiger partial charge in [0.05, 0.1) is 12.1 Å². The Kier molecular flexibility index (Phi) is 15.7. The Morgan fingerprint density at radius 3 is 2.09 bits per heavy atom. The molecule has 14 heteroatoms. The Morgan fingerprint density at radius 2 is 1.53 bits per heavy atom. The number of aliphatic carboxylic acids is 1. The number of aryl methyl sites for hydroxylation is 1. The van der Waals surface area contributed by atoms with Crippen LogP contribution in [0.1, 0.15) is 93.1 Å². The summed E-state index contributed by atoms with van der Waals surface area (Å²) in [7, 11) is 5.32. The van der Waals surface area contributed by atoms with E-state index in [1.807, 2.05) is 90.5 Å². The molecule has 0 aliphatic carbocycles. The second-order valence-electron chi connectivity index (χ2n) is 17.0. The number of likely N-dealkylation sites (N-methyl/N-ethyl adjacent to an activating group) is 2. The Labute approximate surface area is 336 Å². The SMILES string of the molecule is CN[C@H](C(=O)N[C@H](C(=O)N(C)[C@H](/C=C(\C)C(=O)N[C@H](CCC(=O)CCCCN1C(=O)C=CC1=O)C(=O)O)C(C)C)C(C)(C)C)C(C)(C)c1cn(C)c2ccccc12. The summed E-state index contributed by atoms with van der Waals surface area (Å²) in [6.07, 6.45) is 6.85. The molecule has 0 bridgehead atoms. The molecule has 0 saturated heterocycles. The number of benzene rings is 1. The highest BCUT2D eigenvalue weighted by Gasteiger charge is 2.42. The van der Waals surface area contributed by atoms with Crippen LogP contribution < -0.4 is 16.0 Å². The average Bonchev–Trinajstić information content (AvgIpc) is 3.65. The predicted octanol–water partition coefficient (Wildman–Crippen LogP) is 4.02. The number of nitrogens with one attached hydrogen (secondary N) is 3. The second-order valence-corrected chi connectivity index (χ2v) is 17.0. The molecule has 1 aliphatic rings. The molecule has 2 heterocycles. The molecular formula is C43H62N6O8. The van der Waals surface area contributed by atoms with Crippen molar-refractivity contribution < 1.29 is 38.7 Å². The summed E-state index contributed by atoms with van der Waals surface area (Å²) in [6, 6.07) is 4.45. The van der Waals surface area contributed by atoms with Crippen molar-refractivity contribution in [2.45, 2.75) is 117 Å². The number of imide groups is 1. The maximum atomic E-state index is 14.4. The van der Waals surface area contributed by atoms with E-state index in [0.717, 1.165) is 21.4 Å². The number of hydrogen-bond acceptors (Lipinski definition) is 8. The standard InChI is InChI=1S/C43H62N6O8/c1-26(2)33(24-27(3)38(53)45-31(41(56)57)20-19-28(50)16-14-15-23-49-34(51)21-22-35(49)52)48(11)40(55)37(42(4,5)6)46-39(54)36(44-9)43(7,8)30-25-47(10)32-18-13-12-17-29(30)32/h12-13,17-18,21-22,24-26,31,33,36-37,44H,14-16,19-20,23H2,1-11H3,(H,45,53)(H,46,54)(H,56,57)/b27-24+/t31-,33-,36-,37-/m1/s1. The summed E-state index contributed by atoms with van der Waals surface area (Å²) in [5.41, 5.74) is 0.843. The Morgan fingerprint density at radius 1 is 0.912 bits per heavy atom. The number of hydrogen-bond donors (Lipinski definition) is 4. The van der Waals surface area contributed by atoms with Crippen molar-refractivity contribution >= 4 is 52.2 Å². The van der Waals surface area contributed by atoms with Crippen molar-refractivity contribution in [1.29, 1.82) is 0 Å². The van der Waals surface area contributed by atoms with E-state index < -0.39 is 46.9 Å². The number of carboxylic acids is 1. The van der Waals surface area contributed by atoms with E-state index in [1.165, 1.54) is 24.0 Å². The van der Waals surface area contributed by atoms with Gasteiger partial charge < -0.3 is 30.5 Å². The van der Waals surface area contributed by atoms with E-state index in [-0.39, 0.29) is 66.7 Å². The number of para-hydroxylation sites is 1. The van der Waals surface area contributed by atoms with Crippen LogP contribution in [0.3, 0.4) is 0 Å². The largest absolute Gasteiger partial charge is 0.480 e. The number of ketones is 1. The van der Waals surface area contributed by atoms with Gasteiger partial charge in [-0.2, -0.15) is 0 Å². The molecule has 2 aromatic rings. The number of nitrogens with zero attached hydrogens (tertiary/aromatic N) is 3. The minimum atomic E-state index is -1.33. The molecule has 14 nitrogen and oxygen atoms in total. The molecule has 57 heavy (non-hydrogen) atoms. The van der Waals surface area contributed by atoms with Gasteiger partial charge >= 0.3 is 5.97 Å². The van der Waals surface area contributed by atoms with Crippen LogP contribution in [-0.2, 0) is 46.0 Å². The van der Waals surface area contributed by atoms with Crippen LogP contribution in [0, 0.1) is 11.3 Å². The van der Waals surface area contributed by atoms with Crippen LogP contribution in [-0.4, -0.2) is 106 Å². The molecule has 312 valence electrons. The molecule has 3 rings (SSSR count).